The van der Waals surface area contributed by atoms with E-state index < -0.39 is 0 Å². The van der Waals surface area contributed by atoms with Gasteiger partial charge in [-0.2, -0.15) is 0 Å². The summed E-state index contributed by atoms with van der Waals surface area (Å²) in [6.45, 7) is 5.24. The molecule has 0 aliphatic heterocycles. The molecule has 0 radical (unpaired) electrons. The predicted octanol–water partition coefficient (Wildman–Crippen LogP) is 3.16. The zero-order chi connectivity index (χ0) is 10.9. The number of hydrogen-bond donors (Lipinski definition) is 0. The molecular weight excluding hydrogens is 210 g/mol. The largest absolute Gasteiger partial charge is 0.252 e. The van der Waals surface area contributed by atoms with E-state index in [-0.39, 0.29) is 5.38 Å². The van der Waals surface area contributed by atoms with Crippen LogP contribution in [0.25, 0.3) is 0 Å². The van der Waals surface area contributed by atoms with E-state index in [1.807, 2.05) is 17.8 Å². The summed E-state index contributed by atoms with van der Waals surface area (Å²) in [5.41, 5.74) is 1.29. The molecule has 1 saturated carbocycles. The van der Waals surface area contributed by atoms with Gasteiger partial charge in [-0.15, -0.1) is 16.7 Å². The van der Waals surface area contributed by atoms with Gasteiger partial charge in [0.25, 0.3) is 0 Å². The van der Waals surface area contributed by atoms with Crippen LogP contribution in [0.4, 0.5) is 0 Å². The second-order valence-corrected chi connectivity index (χ2v) is 5.63. The van der Waals surface area contributed by atoms with E-state index in [9.17, 15) is 0 Å². The molecule has 1 fully saturated rings. The van der Waals surface area contributed by atoms with Crippen LogP contribution in [-0.4, -0.2) is 15.0 Å². The van der Waals surface area contributed by atoms with E-state index in [1.165, 1.54) is 25.7 Å². The maximum absolute atomic E-state index is 5.95. The van der Waals surface area contributed by atoms with Gasteiger partial charge in [0.15, 0.2) is 0 Å². The van der Waals surface area contributed by atoms with Gasteiger partial charge < -0.3 is 0 Å². The first kappa shape index (κ1) is 10.9. The van der Waals surface area contributed by atoms with Gasteiger partial charge in [0.1, 0.15) is 5.69 Å². The highest BCUT2D eigenvalue weighted by Gasteiger charge is 2.29. The van der Waals surface area contributed by atoms with Crippen molar-refractivity contribution in [1.82, 2.24) is 15.0 Å². The summed E-state index contributed by atoms with van der Waals surface area (Å²) in [7, 11) is 0. The zero-order valence-electron chi connectivity index (χ0n) is 9.41. The molecule has 0 saturated heterocycles. The number of aromatic nitrogens is 3. The Balaban J connectivity index is 2.04. The molecule has 84 valence electrons. The number of halogens is 1. The summed E-state index contributed by atoms with van der Waals surface area (Å²) in [6, 6.07) is 0. The van der Waals surface area contributed by atoms with Crippen molar-refractivity contribution in [3.05, 3.63) is 11.9 Å². The van der Waals surface area contributed by atoms with E-state index in [1.54, 1.807) is 0 Å². The zero-order valence-corrected chi connectivity index (χ0v) is 10.2. The standard InChI is InChI=1S/C11H18ClN3/c1-9(12)10-7-15(14-13-10)8-11(2)5-3-4-6-11/h7,9H,3-6,8H2,1-2H3. The average molecular weight is 228 g/mol. The van der Waals surface area contributed by atoms with Gasteiger partial charge in [0.2, 0.25) is 0 Å². The molecule has 1 aliphatic rings. The van der Waals surface area contributed by atoms with Crippen LogP contribution >= 0.6 is 11.6 Å². The SMILES string of the molecule is CC(Cl)c1cn(CC2(C)CCCC2)nn1. The Morgan fingerprint density at radius 1 is 1.53 bits per heavy atom. The second-order valence-electron chi connectivity index (χ2n) is 4.97. The molecule has 0 spiro atoms. The van der Waals surface area contributed by atoms with Crippen LogP contribution in [0.1, 0.15) is 50.6 Å². The molecule has 15 heavy (non-hydrogen) atoms. The van der Waals surface area contributed by atoms with Gasteiger partial charge in [0.05, 0.1) is 5.38 Å². The van der Waals surface area contributed by atoms with Crippen LogP contribution in [0, 0.1) is 5.41 Å². The lowest BCUT2D eigenvalue weighted by atomic mass is 9.89. The first-order valence-electron chi connectivity index (χ1n) is 5.63. The van der Waals surface area contributed by atoms with Gasteiger partial charge >= 0.3 is 0 Å². The number of nitrogens with zero attached hydrogens (tertiary/aromatic N) is 3. The van der Waals surface area contributed by atoms with Crippen molar-refractivity contribution >= 4 is 11.6 Å². The van der Waals surface area contributed by atoms with Crippen molar-refractivity contribution in [1.29, 1.82) is 0 Å². The smallest absolute Gasteiger partial charge is 0.100 e. The monoisotopic (exact) mass is 227 g/mol. The van der Waals surface area contributed by atoms with Crippen LogP contribution < -0.4 is 0 Å². The van der Waals surface area contributed by atoms with Crippen LogP contribution in [0.2, 0.25) is 0 Å². The fraction of sp³-hybridized carbons (Fsp3) is 0.818. The lowest BCUT2D eigenvalue weighted by Gasteiger charge is -2.22. The molecule has 1 aliphatic carbocycles. The molecule has 1 aromatic heterocycles. The topological polar surface area (TPSA) is 30.7 Å². The summed E-state index contributed by atoms with van der Waals surface area (Å²) in [5, 5.41) is 8.15. The molecular formula is C11H18ClN3. The lowest BCUT2D eigenvalue weighted by Crippen LogP contribution is -2.19. The van der Waals surface area contributed by atoms with E-state index in [2.05, 4.69) is 17.2 Å². The van der Waals surface area contributed by atoms with Crippen molar-refractivity contribution in [2.75, 3.05) is 0 Å². The van der Waals surface area contributed by atoms with Crippen LogP contribution in [-0.2, 0) is 6.54 Å². The molecule has 0 amide bonds. The minimum absolute atomic E-state index is 0.0462. The van der Waals surface area contributed by atoms with E-state index in [0.717, 1.165) is 12.2 Å². The predicted molar refractivity (Wildman–Crippen MR) is 60.9 cm³/mol. The lowest BCUT2D eigenvalue weighted by molar-refractivity contribution is 0.265. The van der Waals surface area contributed by atoms with Crippen molar-refractivity contribution < 1.29 is 0 Å². The second kappa shape index (κ2) is 4.12. The minimum atomic E-state index is -0.0462. The Hall–Kier alpha value is -0.570. The normalized spacial score (nSPS) is 21.8. The summed E-state index contributed by atoms with van der Waals surface area (Å²) < 4.78 is 1.94. The van der Waals surface area contributed by atoms with Crippen molar-refractivity contribution in [2.45, 2.75) is 51.5 Å². The maximum atomic E-state index is 5.95. The highest BCUT2D eigenvalue weighted by atomic mass is 35.5. The average Bonchev–Trinajstić information content (AvgIpc) is 2.75. The van der Waals surface area contributed by atoms with Gasteiger partial charge in [-0.1, -0.05) is 25.0 Å². The van der Waals surface area contributed by atoms with Crippen LogP contribution in [0.15, 0.2) is 6.20 Å². The molecule has 4 heteroatoms. The first-order valence-corrected chi connectivity index (χ1v) is 6.07. The Labute approximate surface area is 95.8 Å². The Kier molecular flexibility index (Phi) is 3.01. The van der Waals surface area contributed by atoms with Gasteiger partial charge in [-0.25, -0.2) is 0 Å². The van der Waals surface area contributed by atoms with E-state index >= 15 is 0 Å². The maximum Gasteiger partial charge on any atom is 0.100 e. The summed E-state index contributed by atoms with van der Waals surface area (Å²) in [4.78, 5) is 0. The molecule has 1 atom stereocenters. The summed E-state index contributed by atoms with van der Waals surface area (Å²) in [6.07, 6.45) is 7.28. The van der Waals surface area contributed by atoms with E-state index in [0.29, 0.717) is 5.41 Å². The Morgan fingerprint density at radius 3 is 2.73 bits per heavy atom. The molecule has 1 heterocycles. The van der Waals surface area contributed by atoms with Crippen LogP contribution in [0.3, 0.4) is 0 Å². The van der Waals surface area contributed by atoms with Gasteiger partial charge in [-0.05, 0) is 25.2 Å². The van der Waals surface area contributed by atoms with Crippen molar-refractivity contribution in [3.63, 3.8) is 0 Å². The molecule has 1 aromatic rings. The van der Waals surface area contributed by atoms with Crippen molar-refractivity contribution in [2.24, 2.45) is 5.41 Å². The number of hydrogen-bond acceptors (Lipinski definition) is 2. The summed E-state index contributed by atoms with van der Waals surface area (Å²) >= 11 is 5.95. The number of rotatable bonds is 3. The summed E-state index contributed by atoms with van der Waals surface area (Å²) in [5.74, 6) is 0. The third-order valence-electron chi connectivity index (χ3n) is 3.32. The minimum Gasteiger partial charge on any atom is -0.252 e. The third-order valence-corrected chi connectivity index (χ3v) is 3.54. The highest BCUT2D eigenvalue weighted by Crippen LogP contribution is 2.38. The molecule has 3 nitrogen and oxygen atoms in total. The molecule has 0 bridgehead atoms. The molecule has 2 rings (SSSR count). The molecule has 0 aromatic carbocycles. The fourth-order valence-corrected chi connectivity index (χ4v) is 2.45. The molecule has 1 unspecified atom stereocenters. The molecule has 0 N–H and O–H groups in total. The van der Waals surface area contributed by atoms with Gasteiger partial charge in [0, 0.05) is 12.7 Å². The van der Waals surface area contributed by atoms with Crippen molar-refractivity contribution in [3.8, 4) is 0 Å². The van der Waals surface area contributed by atoms with E-state index in [4.69, 9.17) is 11.6 Å². The quantitative estimate of drug-likeness (QED) is 0.743. The van der Waals surface area contributed by atoms with Crippen LogP contribution in [0.5, 0.6) is 0 Å². The first-order chi connectivity index (χ1) is 7.09. The Bertz CT molecular complexity index is 326. The highest BCUT2D eigenvalue weighted by molar-refractivity contribution is 6.20. The number of alkyl halides is 1. The fourth-order valence-electron chi connectivity index (χ4n) is 2.35. The Morgan fingerprint density at radius 2 is 2.20 bits per heavy atom. The van der Waals surface area contributed by atoms with Gasteiger partial charge in [-0.3, -0.25) is 4.68 Å². The third kappa shape index (κ3) is 2.51.